The van der Waals surface area contributed by atoms with Crippen LogP contribution in [0.1, 0.15) is 41.6 Å². The van der Waals surface area contributed by atoms with E-state index in [4.69, 9.17) is 0 Å². The van der Waals surface area contributed by atoms with Gasteiger partial charge in [0, 0.05) is 31.4 Å². The van der Waals surface area contributed by atoms with E-state index in [-0.39, 0.29) is 5.78 Å². The number of nitrogens with zero attached hydrogens (tertiary/aromatic N) is 3. The fraction of sp³-hybridized carbons (Fsp3) is 0.438. The molecule has 0 aromatic carbocycles. The third-order valence-corrected chi connectivity index (χ3v) is 4.86. The van der Waals surface area contributed by atoms with Crippen LogP contribution in [0.5, 0.6) is 0 Å². The van der Waals surface area contributed by atoms with E-state index in [0.29, 0.717) is 5.69 Å². The predicted octanol–water partition coefficient (Wildman–Crippen LogP) is 3.39. The highest BCUT2D eigenvalue weighted by Crippen LogP contribution is 2.29. The first-order chi connectivity index (χ1) is 10.2. The van der Waals surface area contributed by atoms with Crippen molar-refractivity contribution < 1.29 is 4.79 Å². The topological polar surface area (TPSA) is 46.1 Å². The van der Waals surface area contributed by atoms with E-state index in [0.717, 1.165) is 35.1 Å². The molecule has 0 atom stereocenters. The standard InChI is InChI=1S/C16H19N3OS/c1-12(20)15-14(11-19-9-3-2-4-10-19)21-16(18-15)13-5-7-17-8-6-13/h5-8H,2-4,9-11H2,1H3. The van der Waals surface area contributed by atoms with Crippen LogP contribution < -0.4 is 0 Å². The predicted molar refractivity (Wildman–Crippen MR) is 84.5 cm³/mol. The molecular formula is C16H19N3OS. The van der Waals surface area contributed by atoms with Crippen molar-refractivity contribution >= 4 is 17.1 Å². The van der Waals surface area contributed by atoms with Crippen LogP contribution in [-0.4, -0.2) is 33.7 Å². The molecule has 0 unspecified atom stereocenters. The number of hydrogen-bond acceptors (Lipinski definition) is 5. The molecule has 1 fully saturated rings. The Hall–Kier alpha value is -1.59. The second-order valence-electron chi connectivity index (χ2n) is 5.42. The van der Waals surface area contributed by atoms with Crippen LogP contribution in [0.2, 0.25) is 0 Å². The lowest BCUT2D eigenvalue weighted by Crippen LogP contribution is -2.29. The van der Waals surface area contributed by atoms with Crippen LogP contribution in [0.15, 0.2) is 24.5 Å². The number of piperidine rings is 1. The van der Waals surface area contributed by atoms with Crippen molar-refractivity contribution in [1.29, 1.82) is 0 Å². The van der Waals surface area contributed by atoms with Crippen LogP contribution in [0.4, 0.5) is 0 Å². The summed E-state index contributed by atoms with van der Waals surface area (Å²) in [5.74, 6) is 0.0542. The molecule has 1 aliphatic rings. The fourth-order valence-corrected chi connectivity index (χ4v) is 3.83. The lowest BCUT2D eigenvalue weighted by Gasteiger charge is -2.25. The molecule has 0 radical (unpaired) electrons. The minimum atomic E-state index is 0.0542. The average Bonchev–Trinajstić information content (AvgIpc) is 2.93. The third kappa shape index (κ3) is 3.36. The van der Waals surface area contributed by atoms with Gasteiger partial charge in [0.15, 0.2) is 5.78 Å². The zero-order valence-electron chi connectivity index (χ0n) is 12.2. The van der Waals surface area contributed by atoms with Gasteiger partial charge < -0.3 is 0 Å². The molecular weight excluding hydrogens is 282 g/mol. The Balaban J connectivity index is 1.88. The van der Waals surface area contributed by atoms with E-state index in [1.807, 2.05) is 12.1 Å². The molecule has 4 nitrogen and oxygen atoms in total. The quantitative estimate of drug-likeness (QED) is 0.812. The van der Waals surface area contributed by atoms with Gasteiger partial charge in [-0.15, -0.1) is 11.3 Å². The number of hydrogen-bond donors (Lipinski definition) is 0. The van der Waals surface area contributed by atoms with Gasteiger partial charge in [0.1, 0.15) is 10.7 Å². The minimum Gasteiger partial charge on any atom is -0.298 e. The molecule has 0 N–H and O–H groups in total. The summed E-state index contributed by atoms with van der Waals surface area (Å²) in [5, 5.41) is 0.912. The maximum Gasteiger partial charge on any atom is 0.179 e. The zero-order valence-corrected chi connectivity index (χ0v) is 13.0. The molecule has 3 heterocycles. The van der Waals surface area contributed by atoms with Crippen molar-refractivity contribution in [3.8, 4) is 10.6 Å². The molecule has 1 aliphatic heterocycles. The molecule has 5 heteroatoms. The number of thiazole rings is 1. The van der Waals surface area contributed by atoms with E-state index in [1.165, 1.54) is 19.3 Å². The van der Waals surface area contributed by atoms with Gasteiger partial charge >= 0.3 is 0 Å². The first-order valence-corrected chi connectivity index (χ1v) is 8.19. The molecule has 110 valence electrons. The van der Waals surface area contributed by atoms with Crippen molar-refractivity contribution in [1.82, 2.24) is 14.9 Å². The van der Waals surface area contributed by atoms with E-state index in [9.17, 15) is 4.79 Å². The van der Waals surface area contributed by atoms with Crippen molar-refractivity contribution in [2.24, 2.45) is 0 Å². The van der Waals surface area contributed by atoms with Gasteiger partial charge in [0.2, 0.25) is 0 Å². The second-order valence-corrected chi connectivity index (χ2v) is 6.50. The molecule has 0 amide bonds. The SMILES string of the molecule is CC(=O)c1nc(-c2ccncc2)sc1CN1CCCCC1. The molecule has 21 heavy (non-hydrogen) atoms. The Morgan fingerprint density at radius 2 is 1.95 bits per heavy atom. The molecule has 0 saturated carbocycles. The summed E-state index contributed by atoms with van der Waals surface area (Å²) >= 11 is 1.63. The molecule has 0 spiro atoms. The van der Waals surface area contributed by atoms with Crippen LogP contribution in [-0.2, 0) is 6.54 Å². The van der Waals surface area contributed by atoms with E-state index in [1.54, 1.807) is 30.7 Å². The first-order valence-electron chi connectivity index (χ1n) is 7.37. The van der Waals surface area contributed by atoms with Crippen molar-refractivity contribution in [3.63, 3.8) is 0 Å². The van der Waals surface area contributed by atoms with Crippen LogP contribution in [0.25, 0.3) is 10.6 Å². The number of carbonyl (C=O) groups excluding carboxylic acids is 1. The largest absolute Gasteiger partial charge is 0.298 e. The monoisotopic (exact) mass is 301 g/mol. The summed E-state index contributed by atoms with van der Waals surface area (Å²) in [5.41, 5.74) is 1.67. The van der Waals surface area contributed by atoms with Gasteiger partial charge in [-0.25, -0.2) is 4.98 Å². The Bertz CT molecular complexity index is 618. The van der Waals surface area contributed by atoms with Crippen LogP contribution in [0, 0.1) is 0 Å². The normalized spacial score (nSPS) is 16.0. The maximum atomic E-state index is 11.9. The molecule has 1 saturated heterocycles. The first kappa shape index (κ1) is 14.4. The maximum absolute atomic E-state index is 11.9. The summed E-state index contributed by atoms with van der Waals surface area (Å²) in [6.07, 6.45) is 7.35. The summed E-state index contributed by atoms with van der Waals surface area (Å²) in [6.45, 7) is 4.70. The molecule has 2 aromatic heterocycles. The second kappa shape index (κ2) is 6.45. The highest BCUT2D eigenvalue weighted by molar-refractivity contribution is 7.15. The van der Waals surface area contributed by atoms with Gasteiger partial charge in [0.05, 0.1) is 4.88 Å². The fourth-order valence-electron chi connectivity index (χ4n) is 2.67. The van der Waals surface area contributed by atoms with Crippen molar-refractivity contribution in [2.45, 2.75) is 32.7 Å². The highest BCUT2D eigenvalue weighted by atomic mass is 32.1. The molecule has 0 bridgehead atoms. The number of ketones is 1. The van der Waals surface area contributed by atoms with E-state index >= 15 is 0 Å². The Kier molecular flexibility index (Phi) is 4.41. The number of pyridine rings is 1. The summed E-state index contributed by atoms with van der Waals surface area (Å²) < 4.78 is 0. The lowest BCUT2D eigenvalue weighted by atomic mass is 10.1. The molecule has 0 aliphatic carbocycles. The molecule has 2 aromatic rings. The number of aromatic nitrogens is 2. The highest BCUT2D eigenvalue weighted by Gasteiger charge is 2.19. The summed E-state index contributed by atoms with van der Waals surface area (Å²) in [7, 11) is 0. The van der Waals surface area contributed by atoms with Gasteiger partial charge in [-0.1, -0.05) is 6.42 Å². The Morgan fingerprint density at radius 1 is 1.24 bits per heavy atom. The number of Topliss-reactive ketones (excluding diaryl/α,β-unsaturated/α-hetero) is 1. The summed E-state index contributed by atoms with van der Waals surface area (Å²) in [6, 6.07) is 3.88. The zero-order chi connectivity index (χ0) is 14.7. The molecule has 3 rings (SSSR count). The third-order valence-electron chi connectivity index (χ3n) is 3.77. The Morgan fingerprint density at radius 3 is 2.62 bits per heavy atom. The Labute approximate surface area is 128 Å². The summed E-state index contributed by atoms with van der Waals surface area (Å²) in [4.78, 5) is 24.0. The number of carbonyl (C=O) groups is 1. The van der Waals surface area contributed by atoms with Gasteiger partial charge in [0.25, 0.3) is 0 Å². The number of likely N-dealkylation sites (tertiary alicyclic amines) is 1. The van der Waals surface area contributed by atoms with Crippen molar-refractivity contribution in [3.05, 3.63) is 35.1 Å². The van der Waals surface area contributed by atoms with E-state index < -0.39 is 0 Å². The van der Waals surface area contributed by atoms with E-state index in [2.05, 4.69) is 14.9 Å². The van der Waals surface area contributed by atoms with Crippen molar-refractivity contribution in [2.75, 3.05) is 13.1 Å². The van der Waals surface area contributed by atoms with Crippen LogP contribution in [0.3, 0.4) is 0 Å². The van der Waals surface area contributed by atoms with Crippen LogP contribution >= 0.6 is 11.3 Å². The lowest BCUT2D eigenvalue weighted by molar-refractivity contribution is 0.101. The van der Waals surface area contributed by atoms with Gasteiger partial charge in [-0.2, -0.15) is 0 Å². The smallest absolute Gasteiger partial charge is 0.179 e. The minimum absolute atomic E-state index is 0.0542. The van der Waals surface area contributed by atoms with Gasteiger partial charge in [-0.3, -0.25) is 14.7 Å². The van der Waals surface area contributed by atoms with Gasteiger partial charge in [-0.05, 0) is 38.1 Å². The average molecular weight is 301 g/mol. The number of rotatable bonds is 4.